The van der Waals surface area contributed by atoms with Crippen LogP contribution in [-0.2, 0) is 9.59 Å². The summed E-state index contributed by atoms with van der Waals surface area (Å²) in [6.45, 7) is 13.7. The molecule has 1 fully saturated rings. The number of aryl methyl sites for hydroxylation is 1. The van der Waals surface area contributed by atoms with Gasteiger partial charge in [-0.1, -0.05) is 12.1 Å². The summed E-state index contributed by atoms with van der Waals surface area (Å²) in [6.07, 6.45) is 3.80. The van der Waals surface area contributed by atoms with Crippen LogP contribution in [0.25, 0.3) is 11.6 Å². The molecule has 4 amide bonds. The van der Waals surface area contributed by atoms with Crippen molar-refractivity contribution in [3.8, 4) is 5.75 Å². The fourth-order valence-corrected chi connectivity index (χ4v) is 4.90. The molecule has 0 radical (unpaired) electrons. The molecule has 2 aromatic rings. The van der Waals surface area contributed by atoms with Crippen LogP contribution in [0.1, 0.15) is 51.3 Å². The molecule has 0 bridgehead atoms. The number of amides is 4. The number of rotatable bonds is 5. The number of carbonyl (C=O) groups excluding carboxylic acids is 3. The maximum absolute atomic E-state index is 13.4. The second kappa shape index (κ2) is 9.06. The van der Waals surface area contributed by atoms with Crippen molar-refractivity contribution in [2.24, 2.45) is 0 Å². The molecule has 2 aliphatic heterocycles. The third-order valence-electron chi connectivity index (χ3n) is 6.47. The Morgan fingerprint density at radius 3 is 2.49 bits per heavy atom. The first-order valence-corrected chi connectivity index (χ1v) is 11.8. The van der Waals surface area contributed by atoms with Crippen LogP contribution < -0.4 is 19.9 Å². The van der Waals surface area contributed by atoms with E-state index in [9.17, 15) is 14.4 Å². The van der Waals surface area contributed by atoms with E-state index in [0.717, 1.165) is 39.4 Å². The van der Waals surface area contributed by atoms with Crippen molar-refractivity contribution >= 4 is 40.9 Å². The predicted octanol–water partition coefficient (Wildman–Crippen LogP) is 5.08. The largest absolute Gasteiger partial charge is 0.494 e. The third-order valence-corrected chi connectivity index (χ3v) is 6.47. The van der Waals surface area contributed by atoms with E-state index in [1.54, 1.807) is 30.3 Å². The molecule has 0 atom stereocenters. The highest BCUT2D eigenvalue weighted by Gasteiger charge is 2.37. The number of ether oxygens (including phenoxy) is 1. The van der Waals surface area contributed by atoms with Crippen LogP contribution in [0, 0.1) is 6.92 Å². The molecule has 0 unspecified atom stereocenters. The van der Waals surface area contributed by atoms with Crippen molar-refractivity contribution in [1.29, 1.82) is 0 Å². The van der Waals surface area contributed by atoms with Gasteiger partial charge in [-0.25, -0.2) is 9.69 Å². The minimum absolute atomic E-state index is 0.0976. The second-order valence-corrected chi connectivity index (χ2v) is 9.34. The minimum Gasteiger partial charge on any atom is -0.494 e. The Bertz CT molecular complexity index is 1290. The lowest BCUT2D eigenvalue weighted by Crippen LogP contribution is -2.54. The van der Waals surface area contributed by atoms with E-state index in [-0.39, 0.29) is 11.1 Å². The smallest absolute Gasteiger partial charge is 0.335 e. The van der Waals surface area contributed by atoms with E-state index in [2.05, 4.69) is 50.1 Å². The van der Waals surface area contributed by atoms with Gasteiger partial charge in [-0.2, -0.15) is 0 Å². The van der Waals surface area contributed by atoms with Gasteiger partial charge in [-0.3, -0.25) is 14.9 Å². The number of urea groups is 1. The standard InChI is InChI=1S/C28H31N3O4/c1-7-30-24-12-17(3)19(13-22(24)18(4)16-28(30,5)6)14-23-25(32)29-27(34)31(26(23)33)20-10-9-11-21(15-20)35-8-2/h9-16H,7-8H2,1-6H3,(H,29,32,34)/b23-14-. The summed E-state index contributed by atoms with van der Waals surface area (Å²) >= 11 is 0. The van der Waals surface area contributed by atoms with Crippen LogP contribution in [0.15, 0.2) is 48.0 Å². The van der Waals surface area contributed by atoms with Gasteiger partial charge >= 0.3 is 6.03 Å². The fourth-order valence-electron chi connectivity index (χ4n) is 4.90. The van der Waals surface area contributed by atoms with Gasteiger partial charge in [0.1, 0.15) is 11.3 Å². The monoisotopic (exact) mass is 473 g/mol. The van der Waals surface area contributed by atoms with Crippen molar-refractivity contribution in [3.63, 3.8) is 0 Å². The quantitative estimate of drug-likeness (QED) is 0.484. The lowest BCUT2D eigenvalue weighted by atomic mass is 9.86. The molecule has 7 heteroatoms. The highest BCUT2D eigenvalue weighted by atomic mass is 16.5. The van der Waals surface area contributed by atoms with Gasteiger partial charge in [0.25, 0.3) is 11.8 Å². The molecule has 4 rings (SSSR count). The Morgan fingerprint density at radius 2 is 1.80 bits per heavy atom. The van der Waals surface area contributed by atoms with E-state index in [0.29, 0.717) is 18.0 Å². The molecule has 0 aliphatic carbocycles. The molecule has 0 aromatic heterocycles. The number of carbonyl (C=O) groups is 3. The molecule has 1 saturated heterocycles. The zero-order valence-corrected chi connectivity index (χ0v) is 21.1. The Morgan fingerprint density at radius 1 is 1.06 bits per heavy atom. The zero-order chi connectivity index (χ0) is 25.5. The first-order chi connectivity index (χ1) is 16.6. The molecule has 1 N–H and O–H groups in total. The molecule has 182 valence electrons. The lowest BCUT2D eigenvalue weighted by molar-refractivity contribution is -0.122. The maximum atomic E-state index is 13.4. The van der Waals surface area contributed by atoms with Gasteiger partial charge in [0.05, 0.1) is 17.8 Å². The fraction of sp³-hybridized carbons (Fsp3) is 0.321. The van der Waals surface area contributed by atoms with E-state index in [1.165, 1.54) is 0 Å². The summed E-state index contributed by atoms with van der Waals surface area (Å²) in [6, 6.07) is 10.0. The Hall–Kier alpha value is -3.87. The summed E-state index contributed by atoms with van der Waals surface area (Å²) in [5, 5.41) is 2.30. The molecule has 7 nitrogen and oxygen atoms in total. The van der Waals surface area contributed by atoms with E-state index < -0.39 is 17.8 Å². The van der Waals surface area contributed by atoms with E-state index in [1.807, 2.05) is 19.9 Å². The van der Waals surface area contributed by atoms with Crippen LogP contribution in [0.2, 0.25) is 0 Å². The number of anilines is 2. The number of allylic oxidation sites excluding steroid dienone is 1. The van der Waals surface area contributed by atoms with E-state index in [4.69, 9.17) is 4.74 Å². The predicted molar refractivity (Wildman–Crippen MR) is 139 cm³/mol. The molecule has 2 heterocycles. The Kier molecular flexibility index (Phi) is 6.28. The second-order valence-electron chi connectivity index (χ2n) is 9.34. The van der Waals surface area contributed by atoms with Gasteiger partial charge < -0.3 is 9.64 Å². The molecule has 2 aromatic carbocycles. The van der Waals surface area contributed by atoms with Crippen molar-refractivity contribution in [1.82, 2.24) is 5.32 Å². The van der Waals surface area contributed by atoms with Crippen LogP contribution in [0.3, 0.4) is 0 Å². The first-order valence-electron chi connectivity index (χ1n) is 11.8. The first kappa shape index (κ1) is 24.3. The van der Waals surface area contributed by atoms with E-state index >= 15 is 0 Å². The lowest BCUT2D eigenvalue weighted by Gasteiger charge is -2.43. The van der Waals surface area contributed by atoms with Gasteiger partial charge in [-0.15, -0.1) is 0 Å². The normalized spacial score (nSPS) is 18.4. The number of benzene rings is 2. The summed E-state index contributed by atoms with van der Waals surface area (Å²) in [4.78, 5) is 42.0. The number of barbiturate groups is 1. The molecule has 2 aliphatic rings. The number of likely N-dealkylation sites (N-methyl/N-ethyl adjacent to an activating group) is 1. The number of nitrogens with zero attached hydrogens (tertiary/aromatic N) is 2. The number of nitrogens with one attached hydrogen (secondary N) is 1. The maximum Gasteiger partial charge on any atom is 0.335 e. The average Bonchev–Trinajstić information content (AvgIpc) is 2.77. The summed E-state index contributed by atoms with van der Waals surface area (Å²) in [7, 11) is 0. The SMILES string of the molecule is CCOc1cccc(N2C(=O)NC(=O)/C(=C/c3cc4c(cc3C)N(CC)C(C)(C)C=C4C)C2=O)c1. The van der Waals surface area contributed by atoms with Crippen molar-refractivity contribution in [2.45, 2.75) is 47.1 Å². The summed E-state index contributed by atoms with van der Waals surface area (Å²) in [5.41, 5.74) is 5.13. The molecular formula is C28H31N3O4. The molecule has 0 saturated carbocycles. The van der Waals surface area contributed by atoms with Gasteiger partial charge in [0, 0.05) is 23.9 Å². The number of imide groups is 2. The topological polar surface area (TPSA) is 79.0 Å². The van der Waals surface area contributed by atoms with Crippen LogP contribution >= 0.6 is 0 Å². The van der Waals surface area contributed by atoms with Gasteiger partial charge in [-0.05, 0) is 88.6 Å². The third kappa shape index (κ3) is 4.34. The van der Waals surface area contributed by atoms with Crippen molar-refractivity contribution in [2.75, 3.05) is 23.0 Å². The number of hydrogen-bond acceptors (Lipinski definition) is 5. The van der Waals surface area contributed by atoms with Crippen molar-refractivity contribution < 1.29 is 19.1 Å². The Balaban J connectivity index is 1.77. The average molecular weight is 474 g/mol. The Labute approximate surface area is 206 Å². The highest BCUT2D eigenvalue weighted by Crippen LogP contribution is 2.40. The van der Waals surface area contributed by atoms with Gasteiger partial charge in [0.15, 0.2) is 0 Å². The zero-order valence-electron chi connectivity index (χ0n) is 21.1. The highest BCUT2D eigenvalue weighted by molar-refractivity contribution is 6.39. The van der Waals surface area contributed by atoms with Gasteiger partial charge in [0.2, 0.25) is 0 Å². The van der Waals surface area contributed by atoms with Crippen LogP contribution in [0.5, 0.6) is 5.75 Å². The number of fused-ring (bicyclic) bond motifs is 1. The molecule has 0 spiro atoms. The van der Waals surface area contributed by atoms with Crippen LogP contribution in [-0.4, -0.2) is 36.5 Å². The summed E-state index contributed by atoms with van der Waals surface area (Å²) < 4.78 is 5.50. The summed E-state index contributed by atoms with van der Waals surface area (Å²) in [5.74, 6) is -0.852. The number of hydrogen-bond donors (Lipinski definition) is 1. The molecule has 35 heavy (non-hydrogen) atoms. The minimum atomic E-state index is -0.785. The van der Waals surface area contributed by atoms with Crippen molar-refractivity contribution in [3.05, 3.63) is 64.7 Å². The van der Waals surface area contributed by atoms with Crippen LogP contribution in [0.4, 0.5) is 16.2 Å². The molecular weight excluding hydrogens is 442 g/mol.